The number of carbonyl (C=O) groups excluding carboxylic acids is 1. The van der Waals surface area contributed by atoms with Crippen LogP contribution < -0.4 is 11.0 Å². The Balaban J connectivity index is 1.75. The molecule has 3 aromatic rings. The summed E-state index contributed by atoms with van der Waals surface area (Å²) in [5.74, 6) is 0.323. The largest absolute Gasteiger partial charge is 0.465 e. The summed E-state index contributed by atoms with van der Waals surface area (Å²) >= 11 is 0. The zero-order valence-corrected chi connectivity index (χ0v) is 10.3. The van der Waals surface area contributed by atoms with E-state index in [-0.39, 0.29) is 11.6 Å². The third kappa shape index (κ3) is 2.54. The third-order valence-electron chi connectivity index (χ3n) is 2.73. The normalized spacial score (nSPS) is 11.2. The Labute approximate surface area is 113 Å². The lowest BCUT2D eigenvalue weighted by Crippen LogP contribution is -2.07. The maximum atomic E-state index is 11.7. The second kappa shape index (κ2) is 4.93. The lowest BCUT2D eigenvalue weighted by atomic mass is 10.2. The van der Waals surface area contributed by atoms with Crippen LogP contribution in [0, 0.1) is 0 Å². The summed E-state index contributed by atoms with van der Waals surface area (Å²) in [5, 5.41) is 2.70. The van der Waals surface area contributed by atoms with Gasteiger partial charge in [-0.15, -0.1) is 0 Å². The van der Waals surface area contributed by atoms with Crippen LogP contribution in [0.1, 0.15) is 5.76 Å². The van der Waals surface area contributed by atoms with Crippen molar-refractivity contribution in [3.63, 3.8) is 0 Å². The molecule has 6 heteroatoms. The minimum atomic E-state index is -0.279. The SMILES string of the molecule is O=C(/C=C/c1ccco1)Nc1ccc2[nH]c(=O)[nH]c2c1. The Morgan fingerprint density at radius 2 is 2.05 bits per heavy atom. The maximum Gasteiger partial charge on any atom is 0.323 e. The van der Waals surface area contributed by atoms with E-state index in [0.29, 0.717) is 22.5 Å². The van der Waals surface area contributed by atoms with Crippen molar-refractivity contribution in [2.75, 3.05) is 5.32 Å². The summed E-state index contributed by atoms with van der Waals surface area (Å²) in [4.78, 5) is 28.1. The monoisotopic (exact) mass is 269 g/mol. The van der Waals surface area contributed by atoms with Crippen molar-refractivity contribution in [1.29, 1.82) is 0 Å². The average Bonchev–Trinajstić information content (AvgIpc) is 3.04. The molecule has 0 fully saturated rings. The number of imidazole rings is 1. The van der Waals surface area contributed by atoms with Crippen molar-refractivity contribution in [2.24, 2.45) is 0 Å². The number of benzene rings is 1. The number of fused-ring (bicyclic) bond motifs is 1. The molecule has 1 aromatic carbocycles. The van der Waals surface area contributed by atoms with Gasteiger partial charge < -0.3 is 19.7 Å². The van der Waals surface area contributed by atoms with Crippen molar-refractivity contribution in [1.82, 2.24) is 9.97 Å². The molecule has 0 saturated heterocycles. The number of hydrogen-bond acceptors (Lipinski definition) is 3. The molecule has 1 amide bonds. The number of amides is 1. The lowest BCUT2D eigenvalue weighted by molar-refractivity contribution is -0.111. The van der Waals surface area contributed by atoms with E-state index < -0.39 is 0 Å². The number of furan rings is 1. The van der Waals surface area contributed by atoms with Gasteiger partial charge in [0, 0.05) is 11.8 Å². The van der Waals surface area contributed by atoms with E-state index in [9.17, 15) is 9.59 Å². The van der Waals surface area contributed by atoms with Crippen molar-refractivity contribution < 1.29 is 9.21 Å². The molecule has 2 heterocycles. The highest BCUT2D eigenvalue weighted by Crippen LogP contribution is 2.14. The summed E-state index contributed by atoms with van der Waals surface area (Å²) in [6.45, 7) is 0. The van der Waals surface area contributed by atoms with E-state index in [1.807, 2.05) is 0 Å². The molecule has 3 rings (SSSR count). The van der Waals surface area contributed by atoms with Crippen LogP contribution >= 0.6 is 0 Å². The first-order valence-electron chi connectivity index (χ1n) is 5.95. The molecule has 0 atom stereocenters. The van der Waals surface area contributed by atoms with Crippen LogP contribution in [0.25, 0.3) is 17.1 Å². The smallest absolute Gasteiger partial charge is 0.323 e. The molecule has 3 N–H and O–H groups in total. The van der Waals surface area contributed by atoms with E-state index in [2.05, 4.69) is 15.3 Å². The van der Waals surface area contributed by atoms with Crippen LogP contribution in [0.4, 0.5) is 5.69 Å². The average molecular weight is 269 g/mol. The van der Waals surface area contributed by atoms with Gasteiger partial charge in [0.15, 0.2) is 0 Å². The molecular formula is C14H11N3O3. The summed E-state index contributed by atoms with van der Waals surface area (Å²) in [6, 6.07) is 8.61. The fourth-order valence-electron chi connectivity index (χ4n) is 1.84. The number of aromatic amines is 2. The van der Waals surface area contributed by atoms with Gasteiger partial charge in [-0.1, -0.05) is 0 Å². The molecule has 0 bridgehead atoms. The van der Waals surface area contributed by atoms with Crippen LogP contribution in [0.5, 0.6) is 0 Å². The third-order valence-corrected chi connectivity index (χ3v) is 2.73. The summed E-state index contributed by atoms with van der Waals surface area (Å²) in [7, 11) is 0. The van der Waals surface area contributed by atoms with Crippen LogP contribution in [-0.4, -0.2) is 15.9 Å². The lowest BCUT2D eigenvalue weighted by Gasteiger charge is -2.01. The molecule has 0 saturated carbocycles. The molecular weight excluding hydrogens is 258 g/mol. The van der Waals surface area contributed by atoms with Crippen molar-refractivity contribution in [3.8, 4) is 0 Å². The molecule has 0 aliphatic heterocycles. The van der Waals surface area contributed by atoms with Crippen LogP contribution in [0.2, 0.25) is 0 Å². The minimum absolute atomic E-state index is 0.277. The van der Waals surface area contributed by atoms with Crippen molar-refractivity contribution in [3.05, 3.63) is 58.9 Å². The number of aromatic nitrogens is 2. The number of hydrogen-bond donors (Lipinski definition) is 3. The fraction of sp³-hybridized carbons (Fsp3) is 0. The van der Waals surface area contributed by atoms with Gasteiger partial charge in [0.05, 0.1) is 17.3 Å². The molecule has 0 aliphatic rings. The summed E-state index contributed by atoms with van der Waals surface area (Å²) in [5.41, 5.74) is 1.66. The molecule has 20 heavy (non-hydrogen) atoms. The van der Waals surface area contributed by atoms with E-state index in [0.717, 1.165) is 0 Å². The van der Waals surface area contributed by atoms with Gasteiger partial charge in [-0.25, -0.2) is 4.79 Å². The molecule has 100 valence electrons. The molecule has 0 radical (unpaired) electrons. The first kappa shape index (κ1) is 12.0. The molecule has 0 unspecified atom stereocenters. The maximum absolute atomic E-state index is 11.7. The van der Waals surface area contributed by atoms with Crippen LogP contribution in [-0.2, 0) is 4.79 Å². The molecule has 2 aromatic heterocycles. The first-order valence-corrected chi connectivity index (χ1v) is 5.95. The predicted molar refractivity (Wildman–Crippen MR) is 75.3 cm³/mol. The minimum Gasteiger partial charge on any atom is -0.465 e. The Kier molecular flexibility index (Phi) is 2.96. The van der Waals surface area contributed by atoms with E-state index in [1.165, 1.54) is 12.3 Å². The number of anilines is 1. The van der Waals surface area contributed by atoms with Gasteiger partial charge in [0.25, 0.3) is 0 Å². The predicted octanol–water partition coefficient (Wildman–Crippen LogP) is 2.10. The molecule has 0 spiro atoms. The van der Waals surface area contributed by atoms with Gasteiger partial charge in [-0.2, -0.15) is 0 Å². The van der Waals surface area contributed by atoms with Crippen LogP contribution in [0.3, 0.4) is 0 Å². The van der Waals surface area contributed by atoms with Crippen molar-refractivity contribution in [2.45, 2.75) is 0 Å². The molecule has 6 nitrogen and oxygen atoms in total. The Hall–Kier alpha value is -3.02. The van der Waals surface area contributed by atoms with E-state index in [1.54, 1.807) is 36.4 Å². The summed E-state index contributed by atoms with van der Waals surface area (Å²) in [6.07, 6.45) is 4.49. The van der Waals surface area contributed by atoms with E-state index in [4.69, 9.17) is 4.42 Å². The Morgan fingerprint density at radius 1 is 1.20 bits per heavy atom. The number of rotatable bonds is 3. The second-order valence-electron chi connectivity index (χ2n) is 4.18. The quantitative estimate of drug-likeness (QED) is 0.636. The topological polar surface area (TPSA) is 90.9 Å². The van der Waals surface area contributed by atoms with Gasteiger partial charge in [0.2, 0.25) is 5.91 Å². The van der Waals surface area contributed by atoms with E-state index >= 15 is 0 Å². The Bertz CT molecular complexity index is 825. The molecule has 0 aliphatic carbocycles. The highest BCUT2D eigenvalue weighted by molar-refractivity contribution is 6.02. The van der Waals surface area contributed by atoms with Gasteiger partial charge in [-0.3, -0.25) is 4.79 Å². The highest BCUT2D eigenvalue weighted by atomic mass is 16.3. The zero-order valence-electron chi connectivity index (χ0n) is 10.3. The first-order chi connectivity index (χ1) is 9.70. The zero-order chi connectivity index (χ0) is 13.9. The van der Waals surface area contributed by atoms with Gasteiger partial charge >= 0.3 is 5.69 Å². The van der Waals surface area contributed by atoms with Crippen molar-refractivity contribution >= 4 is 28.7 Å². The number of nitrogens with one attached hydrogen (secondary N) is 3. The Morgan fingerprint density at radius 3 is 2.85 bits per heavy atom. The van der Waals surface area contributed by atoms with Gasteiger partial charge in [0.1, 0.15) is 5.76 Å². The number of carbonyl (C=O) groups is 1. The highest BCUT2D eigenvalue weighted by Gasteiger charge is 2.02. The standard InChI is InChI=1S/C14H11N3O3/c18-13(6-4-10-2-1-7-20-10)15-9-3-5-11-12(8-9)17-14(19)16-11/h1-8H,(H,15,18)(H2,16,17,19)/b6-4+. The van der Waals surface area contributed by atoms with Gasteiger partial charge in [-0.05, 0) is 36.4 Å². The fourth-order valence-corrected chi connectivity index (χ4v) is 1.84. The summed E-state index contributed by atoms with van der Waals surface area (Å²) < 4.78 is 5.08. The second-order valence-corrected chi connectivity index (χ2v) is 4.18. The van der Waals surface area contributed by atoms with Crippen LogP contribution in [0.15, 0.2) is 51.9 Å². The number of H-pyrrole nitrogens is 2.